The lowest BCUT2D eigenvalue weighted by molar-refractivity contribution is -0.0163. The van der Waals surface area contributed by atoms with Crippen LogP contribution in [0.1, 0.15) is 37.5 Å². The summed E-state index contributed by atoms with van der Waals surface area (Å²) in [6.45, 7) is 7.56. The lowest BCUT2D eigenvalue weighted by Gasteiger charge is -2.36. The first-order valence-corrected chi connectivity index (χ1v) is 10.7. The fraction of sp³-hybridized carbons (Fsp3) is 0.478. The summed E-state index contributed by atoms with van der Waals surface area (Å²) in [7, 11) is 0. The number of aliphatic hydroxyl groups is 1. The lowest BCUT2D eigenvalue weighted by atomic mass is 9.92. The highest BCUT2D eigenvalue weighted by Crippen LogP contribution is 2.28. The van der Waals surface area contributed by atoms with Crippen molar-refractivity contribution in [2.24, 2.45) is 11.8 Å². The monoisotopic (exact) mass is 457 g/mol. The van der Waals surface area contributed by atoms with Gasteiger partial charge < -0.3 is 14.7 Å². The number of hydrogen-bond acceptors (Lipinski definition) is 3. The van der Waals surface area contributed by atoms with E-state index < -0.39 is 6.10 Å². The second kappa shape index (κ2) is 11.5. The number of β-amino-alcohol motifs (C(OH)–C–C–N with tert-alkyl or cyclic N) is 1. The quantitative estimate of drug-likeness (QED) is 0.564. The van der Waals surface area contributed by atoms with Gasteiger partial charge in [-0.1, -0.05) is 61.3 Å². The van der Waals surface area contributed by atoms with Gasteiger partial charge in [0.1, 0.15) is 6.10 Å². The molecule has 1 heterocycles. The lowest BCUT2D eigenvalue weighted by Crippen LogP contribution is -2.43. The van der Waals surface area contributed by atoms with Gasteiger partial charge in [0.2, 0.25) is 0 Å². The zero-order valence-electron chi connectivity index (χ0n) is 16.9. The molecule has 3 unspecified atom stereocenters. The number of likely N-dealkylation sites (tertiary alicyclic amines) is 1. The van der Waals surface area contributed by atoms with E-state index in [2.05, 4.69) is 18.7 Å². The van der Waals surface area contributed by atoms with Gasteiger partial charge in [-0.25, -0.2) is 0 Å². The van der Waals surface area contributed by atoms with Gasteiger partial charge in [-0.05, 0) is 53.6 Å². The molecule has 0 saturated carbocycles. The molecule has 3 nitrogen and oxygen atoms in total. The van der Waals surface area contributed by atoms with E-state index in [0.29, 0.717) is 28.4 Å². The number of ether oxygens (including phenoxy) is 1. The van der Waals surface area contributed by atoms with Crippen LogP contribution in [0.25, 0.3) is 0 Å². The molecule has 1 aliphatic heterocycles. The molecule has 3 rings (SSSR count). The standard InChI is InChI=1S/C23H29Cl2NO2.ClH/c1-16-11-17(2)13-26(12-16)14-22(27)15-28-23(18-3-7-20(24)8-4-18)19-5-9-21(25)10-6-19;/h3-10,16-17,22-23,27H,11-15H2,1-2H3;1H. The summed E-state index contributed by atoms with van der Waals surface area (Å²) in [5, 5.41) is 12.0. The minimum atomic E-state index is -0.528. The average Bonchev–Trinajstić information content (AvgIpc) is 2.64. The predicted molar refractivity (Wildman–Crippen MR) is 123 cm³/mol. The zero-order valence-corrected chi connectivity index (χ0v) is 19.3. The van der Waals surface area contributed by atoms with Crippen LogP contribution in [0, 0.1) is 11.8 Å². The van der Waals surface area contributed by atoms with Gasteiger partial charge in [-0.2, -0.15) is 0 Å². The van der Waals surface area contributed by atoms with Gasteiger partial charge in [0.15, 0.2) is 0 Å². The van der Waals surface area contributed by atoms with Gasteiger partial charge in [-0.3, -0.25) is 0 Å². The summed E-state index contributed by atoms with van der Waals surface area (Å²) in [4.78, 5) is 2.35. The van der Waals surface area contributed by atoms with Crippen LogP contribution >= 0.6 is 35.6 Å². The van der Waals surface area contributed by atoms with Crippen molar-refractivity contribution >= 4 is 35.6 Å². The number of piperidine rings is 1. The maximum Gasteiger partial charge on any atom is 0.108 e. The molecule has 160 valence electrons. The average molecular weight is 459 g/mol. The minimum Gasteiger partial charge on any atom is -0.389 e. The highest BCUT2D eigenvalue weighted by molar-refractivity contribution is 6.30. The smallest absolute Gasteiger partial charge is 0.108 e. The Bertz CT molecular complexity index is 683. The second-order valence-electron chi connectivity index (χ2n) is 8.13. The van der Waals surface area contributed by atoms with Gasteiger partial charge in [0.25, 0.3) is 0 Å². The first-order chi connectivity index (χ1) is 13.4. The number of rotatable bonds is 7. The molecule has 1 saturated heterocycles. The van der Waals surface area contributed by atoms with Gasteiger partial charge in [-0.15, -0.1) is 12.4 Å². The van der Waals surface area contributed by atoms with Crippen LogP contribution in [-0.2, 0) is 4.74 Å². The van der Waals surface area contributed by atoms with E-state index >= 15 is 0 Å². The van der Waals surface area contributed by atoms with Crippen molar-refractivity contribution < 1.29 is 9.84 Å². The van der Waals surface area contributed by atoms with Crippen LogP contribution < -0.4 is 0 Å². The number of halogens is 3. The molecular weight excluding hydrogens is 429 g/mol. The summed E-state index contributed by atoms with van der Waals surface area (Å²) in [6.07, 6.45) is 0.459. The molecule has 29 heavy (non-hydrogen) atoms. The van der Waals surface area contributed by atoms with Crippen molar-refractivity contribution in [3.05, 3.63) is 69.7 Å². The van der Waals surface area contributed by atoms with Crippen LogP contribution in [-0.4, -0.2) is 42.4 Å². The molecule has 3 atom stereocenters. The number of hydrogen-bond donors (Lipinski definition) is 1. The Morgan fingerprint density at radius 2 is 1.38 bits per heavy atom. The molecule has 1 aliphatic rings. The van der Waals surface area contributed by atoms with Crippen LogP contribution in [0.3, 0.4) is 0 Å². The van der Waals surface area contributed by atoms with E-state index in [1.165, 1.54) is 6.42 Å². The maximum absolute atomic E-state index is 10.6. The molecule has 0 spiro atoms. The Kier molecular flexibility index (Phi) is 9.74. The molecule has 2 aromatic rings. The largest absolute Gasteiger partial charge is 0.389 e. The Morgan fingerprint density at radius 1 is 0.931 bits per heavy atom. The number of benzene rings is 2. The Morgan fingerprint density at radius 3 is 1.83 bits per heavy atom. The molecule has 0 bridgehead atoms. The normalized spacial score (nSPS) is 21.0. The van der Waals surface area contributed by atoms with Crippen molar-refractivity contribution in [2.45, 2.75) is 32.5 Å². The fourth-order valence-electron chi connectivity index (χ4n) is 4.16. The Balaban J connectivity index is 0.00000300. The summed E-state index contributed by atoms with van der Waals surface area (Å²) >= 11 is 12.1. The molecule has 0 amide bonds. The van der Waals surface area contributed by atoms with Crippen molar-refractivity contribution in [1.82, 2.24) is 4.90 Å². The van der Waals surface area contributed by atoms with Crippen molar-refractivity contribution in [3.8, 4) is 0 Å². The van der Waals surface area contributed by atoms with Crippen LogP contribution in [0.2, 0.25) is 10.0 Å². The second-order valence-corrected chi connectivity index (χ2v) is 9.01. The SMILES string of the molecule is CC1CC(C)CN(CC(O)COC(c2ccc(Cl)cc2)c2ccc(Cl)cc2)C1.Cl. The number of aliphatic hydroxyl groups excluding tert-OH is 1. The molecular formula is C23H30Cl3NO2. The van der Waals surface area contributed by atoms with Crippen molar-refractivity contribution in [1.29, 1.82) is 0 Å². The van der Waals surface area contributed by atoms with E-state index in [0.717, 1.165) is 24.2 Å². The first kappa shape index (κ1) is 24.5. The third-order valence-electron chi connectivity index (χ3n) is 5.21. The first-order valence-electron chi connectivity index (χ1n) is 9.93. The van der Waals surface area contributed by atoms with Gasteiger partial charge in [0.05, 0.1) is 12.7 Å². The zero-order chi connectivity index (χ0) is 20.1. The van der Waals surface area contributed by atoms with Gasteiger partial charge in [0, 0.05) is 29.7 Å². The van der Waals surface area contributed by atoms with Crippen LogP contribution in [0.5, 0.6) is 0 Å². The van der Waals surface area contributed by atoms with Crippen molar-refractivity contribution in [2.75, 3.05) is 26.2 Å². The molecule has 1 fully saturated rings. The maximum atomic E-state index is 10.6. The van der Waals surface area contributed by atoms with Gasteiger partial charge >= 0.3 is 0 Å². The minimum absolute atomic E-state index is 0. The van der Waals surface area contributed by atoms with E-state index in [4.69, 9.17) is 27.9 Å². The predicted octanol–water partition coefficient (Wildman–Crippen LogP) is 5.86. The topological polar surface area (TPSA) is 32.7 Å². The molecule has 6 heteroatoms. The Hall–Kier alpha value is -0.810. The van der Waals surface area contributed by atoms with E-state index in [-0.39, 0.29) is 25.1 Å². The molecule has 1 N–H and O–H groups in total. The molecule has 0 aliphatic carbocycles. The van der Waals surface area contributed by atoms with Crippen LogP contribution in [0.15, 0.2) is 48.5 Å². The van der Waals surface area contributed by atoms with E-state index in [9.17, 15) is 5.11 Å². The fourth-order valence-corrected chi connectivity index (χ4v) is 4.41. The summed E-state index contributed by atoms with van der Waals surface area (Å²) < 4.78 is 6.19. The third-order valence-corrected chi connectivity index (χ3v) is 5.72. The van der Waals surface area contributed by atoms with E-state index in [1.54, 1.807) is 0 Å². The number of nitrogens with zero attached hydrogens (tertiary/aromatic N) is 1. The molecule has 2 aromatic carbocycles. The summed E-state index contributed by atoms with van der Waals surface area (Å²) in [6, 6.07) is 15.3. The molecule has 0 aromatic heterocycles. The summed E-state index contributed by atoms with van der Waals surface area (Å²) in [5.74, 6) is 1.35. The van der Waals surface area contributed by atoms with E-state index in [1.807, 2.05) is 48.5 Å². The molecule has 0 radical (unpaired) electrons. The van der Waals surface area contributed by atoms with Crippen LogP contribution in [0.4, 0.5) is 0 Å². The van der Waals surface area contributed by atoms with Crippen molar-refractivity contribution in [3.63, 3.8) is 0 Å². The highest BCUT2D eigenvalue weighted by Gasteiger charge is 2.24. The summed E-state index contributed by atoms with van der Waals surface area (Å²) in [5.41, 5.74) is 2.00. The highest BCUT2D eigenvalue weighted by atomic mass is 35.5. The Labute approximate surface area is 190 Å². The third kappa shape index (κ3) is 7.43.